The van der Waals surface area contributed by atoms with Gasteiger partial charge in [0.05, 0.1) is 0 Å². The molecule has 38 valence electrons. The van der Waals surface area contributed by atoms with Crippen LogP contribution in [0.1, 0.15) is 26.2 Å². The molecule has 0 amide bonds. The Bertz CT molecular complexity index is 126. The molecule has 0 aliphatic heterocycles. The first-order valence-electron chi connectivity index (χ1n) is 3.32. The Morgan fingerprint density at radius 1 is 1.29 bits per heavy atom. The average molecular weight is 94.2 g/mol. The zero-order chi connectivity index (χ0) is 4.70. The molecular formula is C7H10. The SMILES string of the molecule is CC1C23CCC12C3. The molecule has 0 bridgehead atoms. The lowest BCUT2D eigenvalue weighted by atomic mass is 10.0. The Morgan fingerprint density at radius 2 is 1.86 bits per heavy atom. The molecule has 3 fully saturated rings. The fourth-order valence-corrected chi connectivity index (χ4v) is 3.06. The minimum absolute atomic E-state index is 0.993. The summed E-state index contributed by atoms with van der Waals surface area (Å²) in [5, 5.41) is 0. The van der Waals surface area contributed by atoms with Crippen LogP contribution in [0.25, 0.3) is 0 Å². The minimum atomic E-state index is 0.993. The van der Waals surface area contributed by atoms with Crippen molar-refractivity contribution in [1.29, 1.82) is 0 Å². The monoisotopic (exact) mass is 94.1 g/mol. The summed E-state index contributed by atoms with van der Waals surface area (Å²) in [5.41, 5.74) is 1.99. The van der Waals surface area contributed by atoms with E-state index in [1.807, 2.05) is 0 Å². The number of rotatable bonds is 0. The maximum Gasteiger partial charge on any atom is -0.0201 e. The van der Waals surface area contributed by atoms with E-state index in [0.29, 0.717) is 0 Å². The van der Waals surface area contributed by atoms with Crippen molar-refractivity contribution < 1.29 is 0 Å². The highest BCUT2D eigenvalue weighted by Gasteiger charge is 2.93. The lowest BCUT2D eigenvalue weighted by Crippen LogP contribution is -1.93. The van der Waals surface area contributed by atoms with Crippen molar-refractivity contribution >= 4 is 0 Å². The summed E-state index contributed by atoms with van der Waals surface area (Å²) in [6.45, 7) is 2.43. The van der Waals surface area contributed by atoms with Crippen LogP contribution in [0.4, 0.5) is 0 Å². The lowest BCUT2D eigenvalue weighted by molar-refractivity contribution is 0.468. The zero-order valence-corrected chi connectivity index (χ0v) is 4.70. The molecule has 0 aromatic rings. The normalized spacial score (nSPS) is 81.0. The first-order valence-corrected chi connectivity index (χ1v) is 3.32. The van der Waals surface area contributed by atoms with E-state index in [1.165, 1.54) is 0 Å². The fraction of sp³-hybridized carbons (Fsp3) is 1.00. The third-order valence-corrected chi connectivity index (χ3v) is 4.09. The van der Waals surface area contributed by atoms with Gasteiger partial charge in [-0.05, 0) is 36.0 Å². The van der Waals surface area contributed by atoms with Gasteiger partial charge in [0.2, 0.25) is 0 Å². The Hall–Kier alpha value is 0. The van der Waals surface area contributed by atoms with Crippen molar-refractivity contribution in [3.8, 4) is 0 Å². The van der Waals surface area contributed by atoms with Crippen LogP contribution in [0.15, 0.2) is 0 Å². The van der Waals surface area contributed by atoms with Gasteiger partial charge in [-0.1, -0.05) is 6.92 Å². The van der Waals surface area contributed by atoms with E-state index < -0.39 is 0 Å². The fourth-order valence-electron chi connectivity index (χ4n) is 3.06. The lowest BCUT2D eigenvalue weighted by Gasteiger charge is -2.03. The van der Waals surface area contributed by atoms with Gasteiger partial charge in [-0.3, -0.25) is 0 Å². The molecule has 2 unspecified atom stereocenters. The summed E-state index contributed by atoms with van der Waals surface area (Å²) >= 11 is 0. The van der Waals surface area contributed by atoms with Crippen LogP contribution in [-0.4, -0.2) is 0 Å². The van der Waals surface area contributed by atoms with E-state index in [-0.39, 0.29) is 0 Å². The number of hydrogen-bond donors (Lipinski definition) is 0. The van der Waals surface area contributed by atoms with Crippen molar-refractivity contribution in [2.75, 3.05) is 0 Å². The van der Waals surface area contributed by atoms with Gasteiger partial charge in [-0.25, -0.2) is 0 Å². The molecule has 0 aromatic heterocycles. The van der Waals surface area contributed by atoms with Crippen LogP contribution in [0.5, 0.6) is 0 Å². The van der Waals surface area contributed by atoms with E-state index in [1.54, 1.807) is 19.3 Å². The van der Waals surface area contributed by atoms with Crippen LogP contribution < -0.4 is 0 Å². The molecule has 3 aliphatic carbocycles. The van der Waals surface area contributed by atoms with Crippen molar-refractivity contribution in [2.24, 2.45) is 16.7 Å². The summed E-state index contributed by atoms with van der Waals surface area (Å²) in [5.74, 6) is 1.15. The van der Waals surface area contributed by atoms with E-state index in [9.17, 15) is 0 Å². The molecule has 3 rings (SSSR count). The third-order valence-electron chi connectivity index (χ3n) is 4.09. The second-order valence-corrected chi connectivity index (χ2v) is 3.71. The molecule has 2 atom stereocenters. The molecule has 0 spiro atoms. The maximum absolute atomic E-state index is 2.43. The molecule has 0 saturated heterocycles. The van der Waals surface area contributed by atoms with E-state index in [2.05, 4.69) is 6.92 Å². The topological polar surface area (TPSA) is 0 Å². The maximum atomic E-state index is 2.43. The summed E-state index contributed by atoms with van der Waals surface area (Å²) in [7, 11) is 0. The smallest absolute Gasteiger partial charge is 0.0201 e. The van der Waals surface area contributed by atoms with Crippen molar-refractivity contribution in [1.82, 2.24) is 0 Å². The number of hydrogen-bond acceptors (Lipinski definition) is 0. The van der Waals surface area contributed by atoms with Gasteiger partial charge in [0.15, 0.2) is 0 Å². The summed E-state index contributed by atoms with van der Waals surface area (Å²) in [6.07, 6.45) is 4.77. The molecule has 7 heavy (non-hydrogen) atoms. The summed E-state index contributed by atoms with van der Waals surface area (Å²) in [4.78, 5) is 0. The average Bonchev–Trinajstić information content (AvgIpc) is 2.15. The highest BCUT2D eigenvalue weighted by Crippen LogP contribution is 3.00. The molecule has 0 heterocycles. The van der Waals surface area contributed by atoms with Gasteiger partial charge in [0.1, 0.15) is 0 Å². The van der Waals surface area contributed by atoms with Gasteiger partial charge in [-0.15, -0.1) is 0 Å². The van der Waals surface area contributed by atoms with Crippen LogP contribution in [-0.2, 0) is 0 Å². The Labute approximate surface area is 43.9 Å². The molecule has 0 nitrogen and oxygen atoms in total. The second-order valence-electron chi connectivity index (χ2n) is 3.71. The Morgan fingerprint density at radius 3 is 1.86 bits per heavy atom. The quantitative estimate of drug-likeness (QED) is 0.429. The molecule has 3 saturated carbocycles. The standard InChI is InChI=1S/C7H10/c1-5-6-2-3-7(5,6)4-6/h5H,2-4H2,1H3. The second kappa shape index (κ2) is 0.463. The van der Waals surface area contributed by atoms with Gasteiger partial charge in [-0.2, -0.15) is 0 Å². The van der Waals surface area contributed by atoms with Crippen molar-refractivity contribution in [3.63, 3.8) is 0 Å². The van der Waals surface area contributed by atoms with E-state index in [0.717, 1.165) is 16.7 Å². The molecule has 0 radical (unpaired) electrons. The first-order chi connectivity index (χ1) is 3.32. The largest absolute Gasteiger partial charge is 0.0614 e. The van der Waals surface area contributed by atoms with Gasteiger partial charge < -0.3 is 0 Å². The van der Waals surface area contributed by atoms with Crippen LogP contribution in [0.3, 0.4) is 0 Å². The van der Waals surface area contributed by atoms with Gasteiger partial charge >= 0.3 is 0 Å². The van der Waals surface area contributed by atoms with Crippen LogP contribution >= 0.6 is 0 Å². The highest BCUT2D eigenvalue weighted by molar-refractivity contribution is 5.41. The van der Waals surface area contributed by atoms with E-state index in [4.69, 9.17) is 0 Å². The predicted molar refractivity (Wildman–Crippen MR) is 27.9 cm³/mol. The predicted octanol–water partition coefficient (Wildman–Crippen LogP) is 1.81. The first kappa shape index (κ1) is 3.11. The summed E-state index contributed by atoms with van der Waals surface area (Å²) in [6, 6.07) is 0. The highest BCUT2D eigenvalue weighted by atomic mass is 15.0. The molecular weight excluding hydrogens is 84.1 g/mol. The summed E-state index contributed by atoms with van der Waals surface area (Å²) < 4.78 is 0. The third kappa shape index (κ3) is 0.107. The van der Waals surface area contributed by atoms with Crippen molar-refractivity contribution in [2.45, 2.75) is 26.2 Å². The van der Waals surface area contributed by atoms with Crippen LogP contribution in [0.2, 0.25) is 0 Å². The molecule has 0 N–H and O–H groups in total. The minimum Gasteiger partial charge on any atom is -0.0614 e. The van der Waals surface area contributed by atoms with Crippen LogP contribution in [0, 0.1) is 16.7 Å². The molecule has 3 aliphatic rings. The zero-order valence-electron chi connectivity index (χ0n) is 4.70. The van der Waals surface area contributed by atoms with Gasteiger partial charge in [0, 0.05) is 0 Å². The van der Waals surface area contributed by atoms with E-state index >= 15 is 0 Å². The van der Waals surface area contributed by atoms with Crippen molar-refractivity contribution in [3.05, 3.63) is 0 Å². The molecule has 0 heteroatoms. The van der Waals surface area contributed by atoms with Gasteiger partial charge in [0.25, 0.3) is 0 Å². The Balaban J connectivity index is 2.18. The molecule has 0 aromatic carbocycles. The Kier molecular flexibility index (Phi) is 0.206.